The second kappa shape index (κ2) is 9.33. The standard InChI is InChI=1S/C24H32N6O3S/c1-4-15-19-17(7-8-25-15)34-23(29-19)18-12(3)27-24(26-11(2)13-5-6-13)30-22(18)28-16-9-14(10-31)20(32)21(16)33/h7-8,11,13-14,16,20-21,31-33H,4-6,9-10H2,1-3H3,(H2,26,27,28,30)/t11-,14-,16-,20-,21+/m1/s1. The highest BCUT2D eigenvalue weighted by Crippen LogP contribution is 2.39. The van der Waals surface area contributed by atoms with Gasteiger partial charge >= 0.3 is 0 Å². The molecule has 2 aliphatic carbocycles. The Labute approximate surface area is 202 Å². The van der Waals surface area contributed by atoms with Crippen LogP contribution in [0, 0.1) is 18.8 Å². The molecule has 9 nitrogen and oxygen atoms in total. The molecule has 0 spiro atoms. The predicted octanol–water partition coefficient (Wildman–Crippen LogP) is 2.74. The van der Waals surface area contributed by atoms with E-state index >= 15 is 0 Å². The van der Waals surface area contributed by atoms with Gasteiger partial charge < -0.3 is 26.0 Å². The first kappa shape index (κ1) is 23.3. The predicted molar refractivity (Wildman–Crippen MR) is 133 cm³/mol. The highest BCUT2D eigenvalue weighted by molar-refractivity contribution is 7.21. The zero-order valence-corrected chi connectivity index (χ0v) is 20.5. The Morgan fingerprint density at radius 2 is 1.97 bits per heavy atom. The third kappa shape index (κ3) is 4.35. The monoisotopic (exact) mass is 484 g/mol. The summed E-state index contributed by atoms with van der Waals surface area (Å²) in [5.74, 6) is 1.36. The molecule has 3 aromatic heterocycles. The van der Waals surface area contributed by atoms with Gasteiger partial charge in [0, 0.05) is 24.8 Å². The highest BCUT2D eigenvalue weighted by Gasteiger charge is 2.41. The summed E-state index contributed by atoms with van der Waals surface area (Å²) in [5.41, 5.74) is 3.39. The van der Waals surface area contributed by atoms with Crippen LogP contribution in [0.4, 0.5) is 11.8 Å². The molecule has 5 atom stereocenters. The van der Waals surface area contributed by atoms with Crippen LogP contribution in [0.15, 0.2) is 12.3 Å². The molecule has 2 fully saturated rings. The smallest absolute Gasteiger partial charge is 0.225 e. The molecule has 5 rings (SSSR count). The SMILES string of the molecule is CCc1nccc2sc(-c3c(C)nc(N[C@H](C)C4CC4)nc3N[C@@H]3C[C@H](CO)[C@@H](O)[C@H]3O)nc12. The Bertz CT molecular complexity index is 1180. The third-order valence-corrected chi connectivity index (χ3v) is 8.10. The first-order valence-corrected chi connectivity index (χ1v) is 12.8. The Morgan fingerprint density at radius 3 is 2.65 bits per heavy atom. The van der Waals surface area contributed by atoms with Crippen LogP contribution in [-0.4, -0.2) is 66.2 Å². The summed E-state index contributed by atoms with van der Waals surface area (Å²) in [6.45, 7) is 5.97. The van der Waals surface area contributed by atoms with Crippen molar-refractivity contribution in [3.63, 3.8) is 0 Å². The van der Waals surface area contributed by atoms with Crippen LogP contribution < -0.4 is 10.6 Å². The molecule has 0 bridgehead atoms. The number of aliphatic hydroxyl groups is 3. The van der Waals surface area contributed by atoms with E-state index in [4.69, 9.17) is 15.0 Å². The fourth-order valence-electron chi connectivity index (χ4n) is 4.81. The molecule has 0 radical (unpaired) electrons. The van der Waals surface area contributed by atoms with Crippen molar-refractivity contribution in [2.24, 2.45) is 11.8 Å². The second-order valence-corrected chi connectivity index (χ2v) is 10.5. The van der Waals surface area contributed by atoms with Gasteiger partial charge in [0.05, 0.1) is 33.8 Å². The van der Waals surface area contributed by atoms with E-state index < -0.39 is 18.2 Å². The van der Waals surface area contributed by atoms with Crippen LogP contribution in [0.5, 0.6) is 0 Å². The van der Waals surface area contributed by atoms with E-state index in [0.29, 0.717) is 24.1 Å². The number of hydrogen-bond acceptors (Lipinski definition) is 10. The van der Waals surface area contributed by atoms with Crippen LogP contribution in [0.25, 0.3) is 20.8 Å². The van der Waals surface area contributed by atoms with E-state index in [2.05, 4.69) is 29.5 Å². The van der Waals surface area contributed by atoms with E-state index in [1.165, 1.54) is 12.8 Å². The van der Waals surface area contributed by atoms with Gasteiger partial charge in [0.1, 0.15) is 22.4 Å². The van der Waals surface area contributed by atoms with E-state index in [0.717, 1.165) is 38.6 Å². The van der Waals surface area contributed by atoms with Crippen LogP contribution in [0.3, 0.4) is 0 Å². The Balaban J connectivity index is 1.56. The van der Waals surface area contributed by atoms with E-state index in [-0.39, 0.29) is 18.6 Å². The van der Waals surface area contributed by atoms with Crippen molar-refractivity contribution >= 4 is 33.3 Å². The zero-order valence-electron chi connectivity index (χ0n) is 19.7. The molecule has 5 N–H and O–H groups in total. The number of nitrogens with zero attached hydrogens (tertiary/aromatic N) is 4. The molecule has 0 unspecified atom stereocenters. The van der Waals surface area contributed by atoms with Gasteiger partial charge in [0.2, 0.25) is 5.95 Å². The number of anilines is 2. The molecule has 0 aliphatic heterocycles. The highest BCUT2D eigenvalue weighted by atomic mass is 32.1. The number of pyridine rings is 1. The lowest BCUT2D eigenvalue weighted by Crippen LogP contribution is -2.36. The van der Waals surface area contributed by atoms with Crippen molar-refractivity contribution in [2.45, 2.75) is 70.7 Å². The van der Waals surface area contributed by atoms with E-state index in [9.17, 15) is 15.3 Å². The third-order valence-electron chi connectivity index (χ3n) is 7.07. The van der Waals surface area contributed by atoms with Gasteiger partial charge in [-0.3, -0.25) is 4.98 Å². The number of nitrogens with one attached hydrogen (secondary N) is 2. The number of aryl methyl sites for hydroxylation is 2. The van der Waals surface area contributed by atoms with Crippen molar-refractivity contribution in [3.05, 3.63) is 23.7 Å². The lowest BCUT2D eigenvalue weighted by atomic mass is 10.1. The molecular formula is C24H32N6O3S. The zero-order chi connectivity index (χ0) is 24.0. The minimum atomic E-state index is -1.01. The van der Waals surface area contributed by atoms with Crippen LogP contribution >= 0.6 is 11.3 Å². The molecule has 3 heterocycles. The van der Waals surface area contributed by atoms with Gasteiger partial charge in [-0.1, -0.05) is 6.92 Å². The van der Waals surface area contributed by atoms with Gasteiger partial charge in [0.15, 0.2) is 0 Å². The maximum absolute atomic E-state index is 10.6. The van der Waals surface area contributed by atoms with E-state index in [1.54, 1.807) is 11.3 Å². The van der Waals surface area contributed by atoms with Crippen molar-refractivity contribution < 1.29 is 15.3 Å². The summed E-state index contributed by atoms with van der Waals surface area (Å²) in [6.07, 6.45) is 3.47. The molecule has 3 aromatic rings. The van der Waals surface area contributed by atoms with Crippen LogP contribution in [-0.2, 0) is 6.42 Å². The summed E-state index contributed by atoms with van der Waals surface area (Å²) in [5, 5.41) is 38.1. The van der Waals surface area contributed by atoms with Gasteiger partial charge in [-0.05, 0) is 51.5 Å². The molecule has 2 saturated carbocycles. The number of aliphatic hydroxyl groups excluding tert-OH is 3. The molecule has 10 heteroatoms. The quantitative estimate of drug-likeness (QED) is 0.327. The number of fused-ring (bicyclic) bond motifs is 1. The molecule has 0 amide bonds. The summed E-state index contributed by atoms with van der Waals surface area (Å²) < 4.78 is 1.05. The summed E-state index contributed by atoms with van der Waals surface area (Å²) in [4.78, 5) is 18.9. The number of thiazole rings is 1. The number of rotatable bonds is 8. The lowest BCUT2D eigenvalue weighted by molar-refractivity contribution is 0.00446. The minimum Gasteiger partial charge on any atom is -0.396 e. The largest absolute Gasteiger partial charge is 0.396 e. The van der Waals surface area contributed by atoms with Gasteiger partial charge in [0.25, 0.3) is 0 Å². The minimum absolute atomic E-state index is 0.178. The molecular weight excluding hydrogens is 452 g/mol. The molecule has 0 aromatic carbocycles. The van der Waals surface area contributed by atoms with Crippen molar-refractivity contribution in [1.29, 1.82) is 0 Å². The average molecular weight is 485 g/mol. The normalized spacial score (nSPS) is 25.6. The van der Waals surface area contributed by atoms with Crippen LogP contribution in [0.2, 0.25) is 0 Å². The number of aromatic nitrogens is 4. The van der Waals surface area contributed by atoms with Crippen molar-refractivity contribution in [3.8, 4) is 10.6 Å². The van der Waals surface area contributed by atoms with Crippen LogP contribution in [0.1, 0.15) is 44.5 Å². The molecule has 2 aliphatic rings. The average Bonchev–Trinajstić information content (AvgIpc) is 3.53. The molecule has 182 valence electrons. The Morgan fingerprint density at radius 1 is 1.18 bits per heavy atom. The second-order valence-electron chi connectivity index (χ2n) is 9.51. The summed E-state index contributed by atoms with van der Waals surface area (Å²) in [6, 6.07) is 1.79. The summed E-state index contributed by atoms with van der Waals surface area (Å²) >= 11 is 1.56. The fourth-order valence-corrected chi connectivity index (χ4v) is 5.89. The fraction of sp³-hybridized carbons (Fsp3) is 0.583. The Hall–Kier alpha value is -2.40. The van der Waals surface area contributed by atoms with Gasteiger partial charge in [-0.25, -0.2) is 9.97 Å². The first-order chi connectivity index (χ1) is 16.4. The molecule has 34 heavy (non-hydrogen) atoms. The lowest BCUT2D eigenvalue weighted by Gasteiger charge is -2.22. The summed E-state index contributed by atoms with van der Waals surface area (Å²) in [7, 11) is 0. The first-order valence-electron chi connectivity index (χ1n) is 12.0. The number of hydrogen-bond donors (Lipinski definition) is 5. The maximum Gasteiger partial charge on any atom is 0.225 e. The van der Waals surface area contributed by atoms with Crippen molar-refractivity contribution in [1.82, 2.24) is 19.9 Å². The molecule has 0 saturated heterocycles. The van der Waals surface area contributed by atoms with Crippen molar-refractivity contribution in [2.75, 3.05) is 17.2 Å². The van der Waals surface area contributed by atoms with E-state index in [1.807, 2.05) is 19.2 Å². The van der Waals surface area contributed by atoms with Gasteiger partial charge in [-0.2, -0.15) is 4.98 Å². The van der Waals surface area contributed by atoms with Gasteiger partial charge in [-0.15, -0.1) is 11.3 Å². The maximum atomic E-state index is 10.6. The topological polar surface area (TPSA) is 136 Å². The Kier molecular flexibility index (Phi) is 6.41.